The lowest BCUT2D eigenvalue weighted by Gasteiger charge is -2.31. The number of carbonyl (C=O) groups excluding carboxylic acids is 1. The van der Waals surface area contributed by atoms with Crippen LogP contribution in [0.4, 0.5) is 24.7 Å². The van der Waals surface area contributed by atoms with E-state index in [1.807, 2.05) is 11.0 Å². The highest BCUT2D eigenvalue weighted by atomic mass is 32.2. The second-order valence-corrected chi connectivity index (χ2v) is 13.0. The van der Waals surface area contributed by atoms with E-state index in [-0.39, 0.29) is 24.8 Å². The number of alkyl halides is 1. The summed E-state index contributed by atoms with van der Waals surface area (Å²) >= 11 is 0. The van der Waals surface area contributed by atoms with Gasteiger partial charge in [-0.05, 0) is 56.0 Å². The summed E-state index contributed by atoms with van der Waals surface area (Å²) in [6.45, 7) is 0.138. The van der Waals surface area contributed by atoms with E-state index in [2.05, 4.69) is 15.3 Å². The average Bonchev–Trinajstić information content (AvgIpc) is 3.85. The number of halogens is 3. The van der Waals surface area contributed by atoms with Gasteiger partial charge in [-0.15, -0.1) is 0 Å². The Morgan fingerprint density at radius 3 is 2.75 bits per heavy atom. The van der Waals surface area contributed by atoms with Gasteiger partial charge in [0.2, 0.25) is 21.2 Å². The Labute approximate surface area is 250 Å². The first-order valence-electron chi connectivity index (χ1n) is 14.2. The van der Waals surface area contributed by atoms with Gasteiger partial charge in [-0.3, -0.25) is 9.78 Å². The minimum atomic E-state index is -4.54. The van der Waals surface area contributed by atoms with E-state index in [0.29, 0.717) is 46.9 Å². The van der Waals surface area contributed by atoms with Gasteiger partial charge >= 0.3 is 0 Å². The molecule has 1 N–H and O–H groups in total. The molecule has 0 saturated heterocycles. The van der Waals surface area contributed by atoms with Crippen LogP contribution in [0.1, 0.15) is 47.3 Å². The number of carbonyl (C=O) groups is 1. The standard InChI is InChI=1S/C30H26F3N5O5S/c31-21-10-17(11-24-28(21)42-9-7-25(33)44(24,40)41)29(39)35-14-18-12-23-16(13-34-18)3-6-26(37-23)38-8-1-2-20-27(38)22(32)15-36-30(20)43-19-4-5-19/h3,6,10-13,15,19,25H,1-2,4-5,7-9,14H2,(H,35,39)/t25-/m1/s1. The topological polar surface area (TPSA) is 124 Å². The highest BCUT2D eigenvalue weighted by Crippen LogP contribution is 2.41. The number of nitrogens with zero attached hydrogens (tertiary/aromatic N) is 4. The molecule has 10 nitrogen and oxygen atoms in total. The molecule has 1 aliphatic carbocycles. The molecule has 1 saturated carbocycles. The number of pyridine rings is 3. The molecule has 1 amide bonds. The lowest BCUT2D eigenvalue weighted by molar-refractivity contribution is 0.0949. The third-order valence-electron chi connectivity index (χ3n) is 7.77. The highest BCUT2D eigenvalue weighted by molar-refractivity contribution is 7.92. The van der Waals surface area contributed by atoms with Crippen molar-refractivity contribution in [3.05, 3.63) is 71.2 Å². The highest BCUT2D eigenvalue weighted by Gasteiger charge is 2.36. The Morgan fingerprint density at radius 2 is 1.93 bits per heavy atom. The molecule has 3 aliphatic rings. The average molecular weight is 626 g/mol. The van der Waals surface area contributed by atoms with Crippen LogP contribution in [0.25, 0.3) is 10.9 Å². The third-order valence-corrected chi connectivity index (χ3v) is 9.60. The smallest absolute Gasteiger partial charge is 0.251 e. The van der Waals surface area contributed by atoms with Gasteiger partial charge in [-0.1, -0.05) is 0 Å². The Kier molecular flexibility index (Phi) is 7.03. The molecule has 0 radical (unpaired) electrons. The molecule has 5 heterocycles. The monoisotopic (exact) mass is 625 g/mol. The molecule has 44 heavy (non-hydrogen) atoms. The quantitative estimate of drug-likeness (QED) is 0.325. The van der Waals surface area contributed by atoms with E-state index in [0.717, 1.165) is 37.0 Å². The van der Waals surface area contributed by atoms with Gasteiger partial charge in [0, 0.05) is 35.7 Å². The van der Waals surface area contributed by atoms with Crippen LogP contribution < -0.4 is 19.7 Å². The van der Waals surface area contributed by atoms with Crippen LogP contribution in [0.3, 0.4) is 0 Å². The van der Waals surface area contributed by atoms with Crippen molar-refractivity contribution in [3.8, 4) is 11.6 Å². The first-order chi connectivity index (χ1) is 21.2. The van der Waals surface area contributed by atoms with Gasteiger partial charge in [0.15, 0.2) is 17.4 Å². The maximum absolute atomic E-state index is 15.1. The van der Waals surface area contributed by atoms with Crippen LogP contribution in [0, 0.1) is 11.6 Å². The zero-order valence-corrected chi connectivity index (χ0v) is 24.0. The van der Waals surface area contributed by atoms with Crippen LogP contribution in [0.15, 0.2) is 47.6 Å². The van der Waals surface area contributed by atoms with Crippen LogP contribution >= 0.6 is 0 Å². The molecule has 228 valence electrons. The number of amides is 1. The molecular formula is C30H26F3N5O5S. The summed E-state index contributed by atoms with van der Waals surface area (Å²) in [6.07, 6.45) is 5.75. The second-order valence-electron chi connectivity index (χ2n) is 10.9. The van der Waals surface area contributed by atoms with E-state index in [4.69, 9.17) is 14.5 Å². The number of sulfone groups is 1. The van der Waals surface area contributed by atoms with Gasteiger partial charge in [-0.2, -0.15) is 0 Å². The number of ether oxygens (including phenoxy) is 2. The van der Waals surface area contributed by atoms with Gasteiger partial charge in [0.1, 0.15) is 16.8 Å². The Balaban J connectivity index is 1.13. The van der Waals surface area contributed by atoms with Crippen molar-refractivity contribution in [2.75, 3.05) is 18.1 Å². The van der Waals surface area contributed by atoms with Crippen LogP contribution in [-0.2, 0) is 22.8 Å². The zero-order valence-electron chi connectivity index (χ0n) is 23.2. The van der Waals surface area contributed by atoms with Gasteiger partial charge in [0.25, 0.3) is 5.91 Å². The number of anilines is 2. The van der Waals surface area contributed by atoms with Crippen molar-refractivity contribution in [2.45, 2.75) is 55.2 Å². The molecule has 0 bridgehead atoms. The Bertz CT molecular complexity index is 1920. The van der Waals surface area contributed by atoms with Gasteiger partial charge in [-0.25, -0.2) is 31.6 Å². The predicted molar refractivity (Wildman–Crippen MR) is 152 cm³/mol. The van der Waals surface area contributed by atoms with Crippen molar-refractivity contribution >= 4 is 38.2 Å². The fourth-order valence-corrected chi connectivity index (χ4v) is 6.77. The molecule has 0 spiro atoms. The van der Waals surface area contributed by atoms with Crippen molar-refractivity contribution in [1.29, 1.82) is 0 Å². The molecular weight excluding hydrogens is 599 g/mol. The fraction of sp³-hybridized carbons (Fsp3) is 0.333. The molecule has 1 atom stereocenters. The molecule has 3 aromatic heterocycles. The summed E-state index contributed by atoms with van der Waals surface area (Å²) in [5, 5.41) is 3.30. The maximum Gasteiger partial charge on any atom is 0.251 e. The fourth-order valence-electron chi connectivity index (χ4n) is 5.38. The summed E-state index contributed by atoms with van der Waals surface area (Å²) in [5.41, 5.74) is -0.501. The summed E-state index contributed by atoms with van der Waals surface area (Å²) < 4.78 is 80.2. The van der Waals surface area contributed by atoms with Crippen LogP contribution in [-0.4, -0.2) is 54.0 Å². The minimum Gasteiger partial charge on any atom is -0.489 e. The maximum atomic E-state index is 15.1. The Hall–Kier alpha value is -4.46. The largest absolute Gasteiger partial charge is 0.489 e. The van der Waals surface area contributed by atoms with Crippen molar-refractivity contribution in [1.82, 2.24) is 20.3 Å². The van der Waals surface area contributed by atoms with Crippen molar-refractivity contribution in [2.24, 2.45) is 0 Å². The van der Waals surface area contributed by atoms with E-state index in [1.54, 1.807) is 18.3 Å². The van der Waals surface area contributed by atoms with E-state index < -0.39 is 49.9 Å². The van der Waals surface area contributed by atoms with E-state index in [1.165, 1.54) is 6.20 Å². The summed E-state index contributed by atoms with van der Waals surface area (Å²) in [6, 6.07) is 7.03. The summed E-state index contributed by atoms with van der Waals surface area (Å²) in [5.74, 6) is -1.94. The third kappa shape index (κ3) is 5.16. The number of rotatable bonds is 6. The van der Waals surface area contributed by atoms with Crippen LogP contribution in [0.5, 0.6) is 11.6 Å². The van der Waals surface area contributed by atoms with Crippen LogP contribution in [0.2, 0.25) is 0 Å². The van der Waals surface area contributed by atoms with Gasteiger partial charge < -0.3 is 19.7 Å². The molecule has 0 unspecified atom stereocenters. The molecule has 1 aromatic carbocycles. The lowest BCUT2D eigenvalue weighted by atomic mass is 10.0. The number of hydrogen-bond donors (Lipinski definition) is 1. The lowest BCUT2D eigenvalue weighted by Crippen LogP contribution is -2.27. The second kappa shape index (κ2) is 10.9. The van der Waals surface area contributed by atoms with Crippen molar-refractivity contribution in [3.63, 3.8) is 0 Å². The zero-order chi connectivity index (χ0) is 30.6. The minimum absolute atomic E-state index is 0.0942. The molecule has 4 aromatic rings. The molecule has 7 rings (SSSR count). The Morgan fingerprint density at radius 1 is 1.09 bits per heavy atom. The number of hydrogen-bond acceptors (Lipinski definition) is 9. The van der Waals surface area contributed by atoms with E-state index in [9.17, 15) is 22.0 Å². The molecule has 1 fully saturated rings. The number of benzene rings is 1. The first kappa shape index (κ1) is 28.3. The summed E-state index contributed by atoms with van der Waals surface area (Å²) in [7, 11) is -4.54. The first-order valence-corrected chi connectivity index (χ1v) is 15.7. The number of nitrogens with one attached hydrogen (secondary N) is 1. The summed E-state index contributed by atoms with van der Waals surface area (Å²) in [4.78, 5) is 27.3. The van der Waals surface area contributed by atoms with Gasteiger partial charge in [0.05, 0.1) is 36.2 Å². The normalized spacial score (nSPS) is 19.0. The SMILES string of the molecule is O=C(NCc1cc2nc(N3CCCc4c(OC5CC5)ncc(F)c43)ccc2cn1)c1cc(F)c2c(c1)S(=O)(=O)[C@@H](F)CCO2. The molecule has 14 heteroatoms. The van der Waals surface area contributed by atoms with Crippen molar-refractivity contribution < 1.29 is 35.9 Å². The van der Waals surface area contributed by atoms with E-state index >= 15 is 4.39 Å². The number of aromatic nitrogens is 3. The predicted octanol–water partition coefficient (Wildman–Crippen LogP) is 4.71. The number of fused-ring (bicyclic) bond motifs is 3. The molecule has 2 aliphatic heterocycles.